The maximum Gasteiger partial charge on any atom is 0.295 e. The van der Waals surface area contributed by atoms with Crippen molar-refractivity contribution in [3.8, 4) is 0 Å². The third kappa shape index (κ3) is 2.48. The van der Waals surface area contributed by atoms with E-state index >= 15 is 0 Å². The van der Waals surface area contributed by atoms with Crippen LogP contribution in [0.1, 0.15) is 13.3 Å². The second kappa shape index (κ2) is 4.87. The molecule has 1 heterocycles. The molecule has 1 atom stereocenters. The monoisotopic (exact) mass is 247 g/mol. The number of nitro groups is 1. The maximum atomic E-state index is 10.6. The van der Waals surface area contributed by atoms with Crippen LogP contribution in [-0.2, 0) is 0 Å². The van der Waals surface area contributed by atoms with Crippen LogP contribution in [0.2, 0.25) is 0 Å². The van der Waals surface area contributed by atoms with Gasteiger partial charge in [0.1, 0.15) is 5.52 Å². The molecule has 0 fully saturated rings. The molecule has 1 unspecified atom stereocenters. The van der Waals surface area contributed by atoms with E-state index in [0.29, 0.717) is 17.1 Å². The van der Waals surface area contributed by atoms with E-state index in [4.69, 9.17) is 4.42 Å². The number of anilines is 1. The first kappa shape index (κ1) is 12.1. The molecule has 18 heavy (non-hydrogen) atoms. The lowest BCUT2D eigenvalue weighted by Crippen LogP contribution is -2.13. The quantitative estimate of drug-likeness (QED) is 0.498. The maximum absolute atomic E-state index is 10.6. The Kier molecular flexibility index (Phi) is 3.27. The van der Waals surface area contributed by atoms with Gasteiger partial charge in [-0.2, -0.15) is 4.98 Å². The van der Waals surface area contributed by atoms with Gasteiger partial charge in [-0.3, -0.25) is 10.1 Å². The molecule has 0 saturated heterocycles. The standard InChI is InChI=1S/C12H13N3O3/c1-3-4-8(2)13-12-14-10-6-5-9(15(16)17)7-11(10)18-12/h3,5-8H,1,4H2,2H3,(H,13,14). The van der Waals surface area contributed by atoms with Crippen molar-refractivity contribution in [3.63, 3.8) is 0 Å². The molecule has 0 bridgehead atoms. The smallest absolute Gasteiger partial charge is 0.295 e. The van der Waals surface area contributed by atoms with E-state index in [1.807, 2.05) is 6.92 Å². The van der Waals surface area contributed by atoms with Crippen LogP contribution < -0.4 is 5.32 Å². The molecule has 0 spiro atoms. The highest BCUT2D eigenvalue weighted by molar-refractivity contribution is 5.77. The van der Waals surface area contributed by atoms with Crippen LogP contribution in [0.25, 0.3) is 11.1 Å². The Morgan fingerprint density at radius 2 is 2.44 bits per heavy atom. The summed E-state index contributed by atoms with van der Waals surface area (Å²) >= 11 is 0. The zero-order chi connectivity index (χ0) is 13.1. The van der Waals surface area contributed by atoms with Crippen molar-refractivity contribution in [2.45, 2.75) is 19.4 Å². The normalized spacial score (nSPS) is 12.3. The van der Waals surface area contributed by atoms with Gasteiger partial charge in [0.15, 0.2) is 5.58 Å². The molecule has 2 rings (SSSR count). The minimum atomic E-state index is -0.463. The lowest BCUT2D eigenvalue weighted by Gasteiger charge is -2.07. The number of rotatable bonds is 5. The first-order chi connectivity index (χ1) is 8.60. The molecule has 2 aromatic rings. The molecule has 1 N–H and O–H groups in total. The van der Waals surface area contributed by atoms with Gasteiger partial charge in [0.25, 0.3) is 11.7 Å². The van der Waals surface area contributed by atoms with Crippen molar-refractivity contribution < 1.29 is 9.34 Å². The fourth-order valence-electron chi connectivity index (χ4n) is 1.61. The molecule has 1 aromatic heterocycles. The minimum absolute atomic E-state index is 0.00987. The molecular weight excluding hydrogens is 234 g/mol. The van der Waals surface area contributed by atoms with Crippen molar-refractivity contribution >= 4 is 22.8 Å². The Morgan fingerprint density at radius 1 is 1.67 bits per heavy atom. The molecule has 0 saturated carbocycles. The third-order valence-electron chi connectivity index (χ3n) is 2.47. The summed E-state index contributed by atoms with van der Waals surface area (Å²) in [5.41, 5.74) is 0.982. The average Bonchev–Trinajstić information content (AvgIpc) is 2.69. The third-order valence-corrected chi connectivity index (χ3v) is 2.47. The van der Waals surface area contributed by atoms with Gasteiger partial charge in [0.2, 0.25) is 0 Å². The second-order valence-corrected chi connectivity index (χ2v) is 4.00. The molecule has 0 aliphatic rings. The average molecular weight is 247 g/mol. The Balaban J connectivity index is 2.27. The number of benzene rings is 1. The lowest BCUT2D eigenvalue weighted by atomic mass is 10.2. The fourth-order valence-corrected chi connectivity index (χ4v) is 1.61. The van der Waals surface area contributed by atoms with Gasteiger partial charge < -0.3 is 9.73 Å². The number of aromatic nitrogens is 1. The van der Waals surface area contributed by atoms with Gasteiger partial charge in [0, 0.05) is 12.1 Å². The van der Waals surface area contributed by atoms with Gasteiger partial charge in [-0.05, 0) is 19.4 Å². The largest absolute Gasteiger partial charge is 0.423 e. The molecule has 94 valence electrons. The van der Waals surface area contributed by atoms with E-state index in [2.05, 4.69) is 16.9 Å². The van der Waals surface area contributed by atoms with Crippen molar-refractivity contribution in [2.24, 2.45) is 0 Å². The summed E-state index contributed by atoms with van der Waals surface area (Å²) in [7, 11) is 0. The van der Waals surface area contributed by atoms with Crippen LogP contribution in [0.5, 0.6) is 0 Å². The van der Waals surface area contributed by atoms with Gasteiger partial charge >= 0.3 is 0 Å². The number of nitrogens with zero attached hydrogens (tertiary/aromatic N) is 2. The molecule has 0 radical (unpaired) electrons. The van der Waals surface area contributed by atoms with E-state index in [-0.39, 0.29) is 11.7 Å². The topological polar surface area (TPSA) is 81.2 Å². The minimum Gasteiger partial charge on any atom is -0.423 e. The summed E-state index contributed by atoms with van der Waals surface area (Å²) in [5.74, 6) is 0. The Labute approximate surface area is 103 Å². The SMILES string of the molecule is C=CCC(C)Nc1nc2ccc([N+](=O)[O-])cc2o1. The van der Waals surface area contributed by atoms with Gasteiger partial charge in [0.05, 0.1) is 11.0 Å². The summed E-state index contributed by atoms with van der Waals surface area (Å²) in [6.45, 7) is 5.62. The number of nitrogens with one attached hydrogen (secondary N) is 1. The predicted octanol–water partition coefficient (Wildman–Crippen LogP) is 3.11. The fraction of sp³-hybridized carbons (Fsp3) is 0.250. The number of hydrogen-bond donors (Lipinski definition) is 1. The van der Waals surface area contributed by atoms with Crippen molar-refractivity contribution in [1.29, 1.82) is 0 Å². The van der Waals surface area contributed by atoms with Gasteiger partial charge in [-0.1, -0.05) is 6.08 Å². The summed E-state index contributed by atoms with van der Waals surface area (Å²) in [4.78, 5) is 14.4. The highest BCUT2D eigenvalue weighted by Crippen LogP contribution is 2.24. The van der Waals surface area contributed by atoms with Crippen molar-refractivity contribution in [1.82, 2.24) is 4.98 Å². The van der Waals surface area contributed by atoms with E-state index in [1.165, 1.54) is 12.1 Å². The molecule has 0 aliphatic heterocycles. The van der Waals surface area contributed by atoms with E-state index < -0.39 is 4.92 Å². The number of fused-ring (bicyclic) bond motifs is 1. The lowest BCUT2D eigenvalue weighted by molar-refractivity contribution is -0.384. The molecule has 0 aliphatic carbocycles. The zero-order valence-electron chi connectivity index (χ0n) is 9.92. The summed E-state index contributed by atoms with van der Waals surface area (Å²) in [6, 6.07) is 4.85. The highest BCUT2D eigenvalue weighted by atomic mass is 16.6. The van der Waals surface area contributed by atoms with Crippen LogP contribution in [0.15, 0.2) is 35.3 Å². The predicted molar refractivity (Wildman–Crippen MR) is 68.6 cm³/mol. The number of non-ortho nitro benzene ring substituents is 1. The van der Waals surface area contributed by atoms with E-state index in [1.54, 1.807) is 12.1 Å². The number of oxazole rings is 1. The van der Waals surface area contributed by atoms with Crippen LogP contribution in [0.4, 0.5) is 11.7 Å². The first-order valence-electron chi connectivity index (χ1n) is 5.52. The van der Waals surface area contributed by atoms with E-state index in [0.717, 1.165) is 6.42 Å². The second-order valence-electron chi connectivity index (χ2n) is 4.00. The Bertz CT molecular complexity index is 591. The van der Waals surface area contributed by atoms with Crippen molar-refractivity contribution in [3.05, 3.63) is 41.0 Å². The van der Waals surface area contributed by atoms with Crippen molar-refractivity contribution in [2.75, 3.05) is 5.32 Å². The summed E-state index contributed by atoms with van der Waals surface area (Å²) in [5, 5.41) is 13.7. The summed E-state index contributed by atoms with van der Waals surface area (Å²) < 4.78 is 5.41. The summed E-state index contributed by atoms with van der Waals surface area (Å²) in [6.07, 6.45) is 2.57. The number of hydrogen-bond acceptors (Lipinski definition) is 5. The molecular formula is C12H13N3O3. The van der Waals surface area contributed by atoms with E-state index in [9.17, 15) is 10.1 Å². The van der Waals surface area contributed by atoms with Crippen LogP contribution >= 0.6 is 0 Å². The molecule has 6 nitrogen and oxygen atoms in total. The molecule has 6 heteroatoms. The van der Waals surface area contributed by atoms with Crippen LogP contribution in [0.3, 0.4) is 0 Å². The Morgan fingerprint density at radius 3 is 3.11 bits per heavy atom. The van der Waals surface area contributed by atoms with Crippen LogP contribution in [0, 0.1) is 10.1 Å². The Hall–Kier alpha value is -2.37. The highest BCUT2D eigenvalue weighted by Gasteiger charge is 2.12. The first-order valence-corrected chi connectivity index (χ1v) is 5.52. The van der Waals surface area contributed by atoms with Crippen LogP contribution in [-0.4, -0.2) is 15.9 Å². The number of nitro benzene ring substituents is 1. The van der Waals surface area contributed by atoms with Gasteiger partial charge in [-0.25, -0.2) is 0 Å². The zero-order valence-corrected chi connectivity index (χ0v) is 9.92. The molecule has 0 amide bonds. The van der Waals surface area contributed by atoms with Gasteiger partial charge in [-0.15, -0.1) is 6.58 Å². The molecule has 1 aromatic carbocycles.